The maximum atomic E-state index is 13.2. The molecule has 0 radical (unpaired) electrons. The number of carbonyl (C=O) groups excluding carboxylic acids is 2. The summed E-state index contributed by atoms with van der Waals surface area (Å²) >= 11 is 0. The highest BCUT2D eigenvalue weighted by molar-refractivity contribution is 7.89. The first-order valence-electron chi connectivity index (χ1n) is 12.9. The van der Waals surface area contributed by atoms with Crippen LogP contribution in [0.3, 0.4) is 0 Å². The summed E-state index contributed by atoms with van der Waals surface area (Å²) in [6.07, 6.45) is 5.53. The van der Waals surface area contributed by atoms with Crippen LogP contribution in [0, 0.1) is 12.8 Å². The summed E-state index contributed by atoms with van der Waals surface area (Å²) in [5.41, 5.74) is 1.51. The Morgan fingerprint density at radius 1 is 1.16 bits per heavy atom. The van der Waals surface area contributed by atoms with Gasteiger partial charge in [0.05, 0.1) is 10.5 Å². The smallest absolute Gasteiger partial charge is 0.323 e. The van der Waals surface area contributed by atoms with Crippen molar-refractivity contribution in [1.82, 2.24) is 24.8 Å². The molecule has 1 atom stereocenters. The zero-order chi connectivity index (χ0) is 27.3. The van der Waals surface area contributed by atoms with E-state index in [1.54, 1.807) is 29.8 Å². The molecule has 3 heterocycles. The topological polar surface area (TPSA) is 150 Å². The van der Waals surface area contributed by atoms with Crippen LogP contribution >= 0.6 is 0 Å². The van der Waals surface area contributed by atoms with E-state index >= 15 is 0 Å². The Morgan fingerprint density at radius 2 is 1.87 bits per heavy atom. The van der Waals surface area contributed by atoms with Crippen molar-refractivity contribution in [1.29, 1.82) is 0 Å². The van der Waals surface area contributed by atoms with Gasteiger partial charge in [0.15, 0.2) is 0 Å². The van der Waals surface area contributed by atoms with Crippen LogP contribution < -0.4 is 15.4 Å². The molecule has 1 aromatic heterocycles. The van der Waals surface area contributed by atoms with E-state index in [-0.39, 0.29) is 16.4 Å². The molecular weight excluding hydrogens is 510 g/mol. The van der Waals surface area contributed by atoms with Crippen LogP contribution in [0.15, 0.2) is 41.4 Å². The number of nitrogens with one attached hydrogen (secondary N) is 3. The number of carboxylic acids is 1. The van der Waals surface area contributed by atoms with E-state index in [9.17, 15) is 27.9 Å². The number of piperidine rings is 1. The lowest BCUT2D eigenvalue weighted by molar-refractivity contribution is -0.138. The molecule has 0 bridgehead atoms. The fraction of sp³-hybridized carbons (Fsp3) is 0.500. The number of hydrogen-bond acceptors (Lipinski definition) is 6. The number of sulfonamides is 1. The van der Waals surface area contributed by atoms with Crippen molar-refractivity contribution in [3.05, 3.63) is 53.3 Å². The summed E-state index contributed by atoms with van der Waals surface area (Å²) in [6.45, 7) is 5.29. The molecule has 11 nitrogen and oxygen atoms in total. The van der Waals surface area contributed by atoms with E-state index in [1.165, 1.54) is 18.2 Å². The van der Waals surface area contributed by atoms with Crippen molar-refractivity contribution in [3.63, 3.8) is 0 Å². The highest BCUT2D eigenvalue weighted by Crippen LogP contribution is 2.20. The van der Waals surface area contributed by atoms with Crippen molar-refractivity contribution >= 4 is 27.8 Å². The van der Waals surface area contributed by atoms with Gasteiger partial charge in [-0.3, -0.25) is 14.4 Å². The van der Waals surface area contributed by atoms with E-state index in [2.05, 4.69) is 15.4 Å². The predicted octanol–water partition coefficient (Wildman–Crippen LogP) is 1.19. The molecule has 0 saturated carbocycles. The molecule has 0 spiro atoms. The summed E-state index contributed by atoms with van der Waals surface area (Å²) in [4.78, 5) is 39.6. The second-order valence-electron chi connectivity index (χ2n) is 9.97. The van der Waals surface area contributed by atoms with Crippen molar-refractivity contribution < 1.29 is 27.9 Å². The number of amides is 2. The van der Waals surface area contributed by atoms with Crippen LogP contribution in [0.1, 0.15) is 52.1 Å². The monoisotopic (exact) mass is 545 g/mol. The average molecular weight is 546 g/mol. The number of carboxylic acid groups (broad SMARTS) is 1. The van der Waals surface area contributed by atoms with E-state index in [0.29, 0.717) is 31.2 Å². The van der Waals surface area contributed by atoms with Gasteiger partial charge in [-0.1, -0.05) is 17.7 Å². The van der Waals surface area contributed by atoms with Gasteiger partial charge in [0.2, 0.25) is 10.0 Å². The van der Waals surface area contributed by atoms with Crippen molar-refractivity contribution in [2.45, 2.75) is 50.1 Å². The summed E-state index contributed by atoms with van der Waals surface area (Å²) in [5.74, 6) is -1.52. The van der Waals surface area contributed by atoms with Crippen molar-refractivity contribution in [3.8, 4) is 0 Å². The van der Waals surface area contributed by atoms with Crippen LogP contribution in [-0.4, -0.2) is 79.5 Å². The van der Waals surface area contributed by atoms with Gasteiger partial charge in [0.25, 0.3) is 11.8 Å². The van der Waals surface area contributed by atoms with Gasteiger partial charge in [-0.05, 0) is 69.8 Å². The molecule has 12 heteroatoms. The first kappa shape index (κ1) is 27.8. The van der Waals surface area contributed by atoms with Gasteiger partial charge < -0.3 is 25.2 Å². The molecule has 1 saturated heterocycles. The lowest BCUT2D eigenvalue weighted by atomic mass is 9.94. The predicted molar refractivity (Wildman–Crippen MR) is 140 cm³/mol. The summed E-state index contributed by atoms with van der Waals surface area (Å²) in [5, 5.41) is 15.4. The number of rotatable bonds is 10. The third kappa shape index (κ3) is 6.80. The number of aromatic nitrogens is 1. The molecular formula is C26H35N5O6S. The number of fused-ring (bicyclic) bond motifs is 1. The second-order valence-corrected chi connectivity index (χ2v) is 11.7. The van der Waals surface area contributed by atoms with Gasteiger partial charge in [-0.25, -0.2) is 8.42 Å². The molecule has 1 fully saturated rings. The Labute approximate surface area is 222 Å². The van der Waals surface area contributed by atoms with E-state index in [4.69, 9.17) is 0 Å². The van der Waals surface area contributed by atoms with E-state index in [0.717, 1.165) is 44.3 Å². The van der Waals surface area contributed by atoms with Gasteiger partial charge >= 0.3 is 5.97 Å². The Kier molecular flexibility index (Phi) is 8.85. The number of hydrogen-bond donors (Lipinski definition) is 4. The zero-order valence-electron chi connectivity index (χ0n) is 21.5. The number of aliphatic carboxylic acids is 1. The largest absolute Gasteiger partial charge is 0.480 e. The van der Waals surface area contributed by atoms with E-state index in [1.807, 2.05) is 4.90 Å². The molecule has 0 unspecified atom stereocenters. The number of benzene rings is 1. The summed E-state index contributed by atoms with van der Waals surface area (Å²) in [6, 6.07) is 5.94. The quantitative estimate of drug-likeness (QED) is 0.350. The third-order valence-corrected chi connectivity index (χ3v) is 8.64. The van der Waals surface area contributed by atoms with Crippen LogP contribution in [0.2, 0.25) is 0 Å². The van der Waals surface area contributed by atoms with Crippen LogP contribution in [0.25, 0.3) is 0 Å². The Bertz CT molecular complexity index is 1270. The lowest BCUT2D eigenvalue weighted by Crippen LogP contribution is -2.48. The SMILES string of the molecule is Cc1ccc(S(=O)(=O)N[C@H](CNC(=O)c2cc3n(c2)CCCN(CCC2CCNCC2)C3=O)C(=O)O)cc1. The fourth-order valence-corrected chi connectivity index (χ4v) is 6.05. The molecule has 4 rings (SSSR count). The van der Waals surface area contributed by atoms with Crippen LogP contribution in [0.5, 0.6) is 0 Å². The van der Waals surface area contributed by atoms with Gasteiger partial charge in [-0.15, -0.1) is 0 Å². The van der Waals surface area contributed by atoms with Crippen molar-refractivity contribution in [2.75, 3.05) is 32.7 Å². The molecule has 0 aliphatic carbocycles. The van der Waals surface area contributed by atoms with Gasteiger partial charge in [-0.2, -0.15) is 4.72 Å². The summed E-state index contributed by atoms with van der Waals surface area (Å²) in [7, 11) is -4.11. The Morgan fingerprint density at radius 3 is 2.55 bits per heavy atom. The zero-order valence-corrected chi connectivity index (χ0v) is 22.3. The second kappa shape index (κ2) is 12.1. The molecule has 38 heavy (non-hydrogen) atoms. The molecule has 1 aromatic carbocycles. The molecule has 4 N–H and O–H groups in total. The minimum atomic E-state index is -4.11. The lowest BCUT2D eigenvalue weighted by Gasteiger charge is -2.26. The minimum Gasteiger partial charge on any atom is -0.480 e. The fourth-order valence-electron chi connectivity index (χ4n) is 4.87. The maximum Gasteiger partial charge on any atom is 0.323 e. The molecule has 2 aliphatic heterocycles. The highest BCUT2D eigenvalue weighted by atomic mass is 32.2. The number of nitrogens with zero attached hydrogens (tertiary/aromatic N) is 2. The van der Waals surface area contributed by atoms with Crippen molar-refractivity contribution in [2.24, 2.45) is 5.92 Å². The third-order valence-electron chi connectivity index (χ3n) is 7.15. The summed E-state index contributed by atoms with van der Waals surface area (Å²) < 4.78 is 29.1. The number of aryl methyl sites for hydroxylation is 2. The number of carbonyl (C=O) groups is 3. The minimum absolute atomic E-state index is 0.0694. The molecule has 206 valence electrons. The molecule has 2 aromatic rings. The normalized spacial score (nSPS) is 17.5. The van der Waals surface area contributed by atoms with Crippen LogP contribution in [-0.2, 0) is 21.4 Å². The first-order valence-corrected chi connectivity index (χ1v) is 14.4. The first-order chi connectivity index (χ1) is 18.1. The molecule has 2 aliphatic rings. The standard InChI is InChI=1S/C26H35N5O6S/c1-18-3-5-21(6-4-18)38(36,37)29-22(26(34)35)16-28-24(32)20-15-23-25(33)30(12-2-13-31(23)17-20)14-9-19-7-10-27-11-8-19/h3-6,15,17,19,22,27,29H,2,7-14,16H2,1H3,(H,28,32)(H,34,35)/t22-/m1/s1. The Balaban J connectivity index is 1.38. The molecule has 2 amide bonds. The average Bonchev–Trinajstić information content (AvgIpc) is 3.27. The Hall–Kier alpha value is -3.22. The van der Waals surface area contributed by atoms with E-state index < -0.39 is 34.5 Å². The van der Waals surface area contributed by atoms with Gasteiger partial charge in [0, 0.05) is 32.4 Å². The van der Waals surface area contributed by atoms with Crippen LogP contribution in [0.4, 0.5) is 0 Å². The van der Waals surface area contributed by atoms with Gasteiger partial charge in [0.1, 0.15) is 11.7 Å². The maximum absolute atomic E-state index is 13.2. The highest BCUT2D eigenvalue weighted by Gasteiger charge is 2.28.